The lowest BCUT2D eigenvalue weighted by molar-refractivity contribution is -0.151. The predicted octanol–water partition coefficient (Wildman–Crippen LogP) is 3.79. The predicted molar refractivity (Wildman–Crippen MR) is 92.1 cm³/mol. The van der Waals surface area contributed by atoms with E-state index in [1.54, 1.807) is 0 Å². The van der Waals surface area contributed by atoms with Crippen molar-refractivity contribution in [1.29, 1.82) is 0 Å². The molecule has 2 fully saturated rings. The van der Waals surface area contributed by atoms with Gasteiger partial charge < -0.3 is 10.1 Å². The highest BCUT2D eigenvalue weighted by Crippen LogP contribution is 2.42. The Balaban J connectivity index is 1.87. The van der Waals surface area contributed by atoms with Crippen LogP contribution in [0.2, 0.25) is 0 Å². The number of piperidine rings is 1. The fourth-order valence-corrected chi connectivity index (χ4v) is 4.23. The molecule has 0 unspecified atom stereocenters. The molecule has 2 heterocycles. The smallest absolute Gasteiger partial charge is 0.311 e. The number of carbonyl (C=O) groups excluding carboxylic acids is 1. The number of benzene rings is 1. The zero-order chi connectivity index (χ0) is 16.2. The lowest BCUT2D eigenvalue weighted by Gasteiger charge is -2.36. The molecule has 4 atom stereocenters. The monoisotopic (exact) mass is 380 g/mol. The van der Waals surface area contributed by atoms with Gasteiger partial charge in [-0.05, 0) is 41.5 Å². The maximum Gasteiger partial charge on any atom is 0.311 e. The summed E-state index contributed by atoms with van der Waals surface area (Å²) in [5, 5.41) is 3.52. The van der Waals surface area contributed by atoms with Crippen molar-refractivity contribution < 1.29 is 13.9 Å². The molecule has 0 aliphatic carbocycles. The summed E-state index contributed by atoms with van der Waals surface area (Å²) in [5.41, 5.74) is 2.26. The van der Waals surface area contributed by atoms with Crippen LogP contribution in [0.5, 0.6) is 0 Å². The summed E-state index contributed by atoms with van der Waals surface area (Å²) in [6, 6.07) is 8.87. The Bertz CT molecular complexity index is 592. The minimum Gasteiger partial charge on any atom is -0.463 e. The third kappa shape index (κ3) is 3.66. The van der Waals surface area contributed by atoms with E-state index in [1.165, 1.54) is 0 Å². The summed E-state index contributed by atoms with van der Waals surface area (Å²) in [6.07, 6.45) is 4.98. The molecule has 1 aromatic carbocycles. The molecule has 2 aliphatic heterocycles. The van der Waals surface area contributed by atoms with Gasteiger partial charge >= 0.3 is 5.97 Å². The van der Waals surface area contributed by atoms with Crippen LogP contribution >= 0.6 is 15.9 Å². The number of alkyl halides is 1. The molecule has 5 heteroatoms. The maximum atomic E-state index is 12.5. The van der Waals surface area contributed by atoms with E-state index < -0.39 is 6.67 Å². The van der Waals surface area contributed by atoms with E-state index in [2.05, 4.69) is 33.4 Å². The van der Waals surface area contributed by atoms with Crippen molar-refractivity contribution in [3.05, 3.63) is 40.4 Å². The van der Waals surface area contributed by atoms with Crippen LogP contribution in [0.3, 0.4) is 0 Å². The Kier molecular flexibility index (Phi) is 5.49. The van der Waals surface area contributed by atoms with Gasteiger partial charge in [0.15, 0.2) is 0 Å². The summed E-state index contributed by atoms with van der Waals surface area (Å²) < 4.78 is 17.5. The van der Waals surface area contributed by atoms with Gasteiger partial charge in [-0.1, -0.05) is 40.2 Å². The van der Waals surface area contributed by atoms with Crippen molar-refractivity contribution in [2.24, 2.45) is 5.92 Å². The van der Waals surface area contributed by atoms with E-state index in [4.69, 9.17) is 4.74 Å². The molecule has 3 nitrogen and oxygen atoms in total. The molecular weight excluding hydrogens is 360 g/mol. The third-order valence-electron chi connectivity index (χ3n) is 4.87. The van der Waals surface area contributed by atoms with E-state index in [0.29, 0.717) is 6.04 Å². The highest BCUT2D eigenvalue weighted by Gasteiger charge is 2.46. The van der Waals surface area contributed by atoms with Crippen molar-refractivity contribution in [3.63, 3.8) is 0 Å². The number of hydrogen-bond donors (Lipinski definition) is 1. The van der Waals surface area contributed by atoms with E-state index in [9.17, 15) is 9.18 Å². The number of hydrogen-bond acceptors (Lipinski definition) is 3. The van der Waals surface area contributed by atoms with Gasteiger partial charge in [0, 0.05) is 18.0 Å². The zero-order valence-corrected chi connectivity index (χ0v) is 14.5. The van der Waals surface area contributed by atoms with Crippen LogP contribution in [0.4, 0.5) is 4.39 Å². The average molecular weight is 381 g/mol. The fraction of sp³-hybridized carbons (Fsp3) is 0.500. The molecule has 0 amide bonds. The quantitative estimate of drug-likeness (QED) is 0.789. The van der Waals surface area contributed by atoms with E-state index >= 15 is 0 Å². The normalized spacial score (nSPS) is 29.8. The van der Waals surface area contributed by atoms with Gasteiger partial charge in [0.05, 0.1) is 5.92 Å². The molecule has 0 aromatic heterocycles. The molecule has 1 aromatic rings. The van der Waals surface area contributed by atoms with E-state index in [1.807, 2.05) is 23.2 Å². The molecule has 124 valence electrons. The highest BCUT2D eigenvalue weighted by molar-refractivity contribution is 9.11. The van der Waals surface area contributed by atoms with Crippen molar-refractivity contribution in [3.8, 4) is 0 Å². The van der Waals surface area contributed by atoms with Crippen LogP contribution in [-0.2, 0) is 9.53 Å². The lowest BCUT2D eigenvalue weighted by atomic mass is 9.76. The van der Waals surface area contributed by atoms with Crippen LogP contribution in [0, 0.1) is 5.92 Å². The van der Waals surface area contributed by atoms with Gasteiger partial charge in [-0.3, -0.25) is 4.79 Å². The van der Waals surface area contributed by atoms with Gasteiger partial charge in [-0.15, -0.1) is 0 Å². The molecule has 0 radical (unpaired) electrons. The number of esters is 1. The maximum absolute atomic E-state index is 12.5. The summed E-state index contributed by atoms with van der Waals surface area (Å²) >= 11 is 3.30. The largest absolute Gasteiger partial charge is 0.463 e. The number of ether oxygens (including phenoxy) is 1. The number of rotatable bonds is 5. The second-order valence-corrected chi connectivity index (χ2v) is 6.76. The fourth-order valence-electron chi connectivity index (χ4n) is 3.93. The topological polar surface area (TPSA) is 38.3 Å². The lowest BCUT2D eigenvalue weighted by Crippen LogP contribution is -2.48. The molecule has 2 bridgehead atoms. The number of nitrogens with one attached hydrogen (secondary N) is 1. The number of halogens is 2. The summed E-state index contributed by atoms with van der Waals surface area (Å²) in [5.74, 6) is -0.375. The second kappa shape index (κ2) is 7.58. The SMILES string of the molecule is O=C(OCC[18F])[C@H]1[C@@H](c2cccc(/C=C\Br)c2)C[C@@H]2CC[C@H]1N2. The minimum atomic E-state index is -0.630. The van der Waals surface area contributed by atoms with Crippen LogP contribution in [0.15, 0.2) is 29.3 Å². The Morgan fingerprint density at radius 1 is 1.43 bits per heavy atom. The summed E-state index contributed by atoms with van der Waals surface area (Å²) in [7, 11) is 0. The molecule has 0 spiro atoms. The standard InChI is InChI=1S/C18H21BrFNO2/c19-7-6-12-2-1-3-13(10-12)15-11-14-4-5-16(21-14)17(15)18(22)23-9-8-20/h1-3,6-7,10,14-17,21H,4-5,8-9,11H2/b7-6-/t14-,15+,16+,17-/m0/s1/i20-1. The molecule has 23 heavy (non-hydrogen) atoms. The first-order valence-electron chi connectivity index (χ1n) is 8.08. The van der Waals surface area contributed by atoms with Gasteiger partial charge in [-0.25, -0.2) is 4.39 Å². The number of carbonyl (C=O) groups is 1. The van der Waals surface area contributed by atoms with E-state index in [0.717, 1.165) is 30.4 Å². The molecular formula is C18H21BrFNO2. The Hall–Kier alpha value is -1.20. The first kappa shape index (κ1) is 16.7. The summed E-state index contributed by atoms with van der Waals surface area (Å²) in [4.78, 5) is 14.3. The van der Waals surface area contributed by atoms with E-state index in [-0.39, 0.29) is 30.5 Å². The van der Waals surface area contributed by atoms with Crippen molar-refractivity contribution in [2.45, 2.75) is 37.3 Å². The van der Waals surface area contributed by atoms with Gasteiger partial charge in [0.1, 0.15) is 13.3 Å². The molecule has 3 rings (SSSR count). The van der Waals surface area contributed by atoms with Crippen molar-refractivity contribution >= 4 is 28.0 Å². The first-order chi connectivity index (χ1) is 11.2. The highest BCUT2D eigenvalue weighted by atomic mass is 79.9. The van der Waals surface area contributed by atoms with Crippen LogP contribution in [-0.4, -0.2) is 31.3 Å². The van der Waals surface area contributed by atoms with Gasteiger partial charge in [-0.2, -0.15) is 0 Å². The van der Waals surface area contributed by atoms with Gasteiger partial charge in [0.25, 0.3) is 0 Å². The minimum absolute atomic E-state index is 0.129. The van der Waals surface area contributed by atoms with Crippen LogP contribution in [0.1, 0.15) is 36.3 Å². The Morgan fingerprint density at radius 3 is 3.09 bits per heavy atom. The molecule has 2 aliphatic rings. The molecule has 1 N–H and O–H groups in total. The third-order valence-corrected chi connectivity index (χ3v) is 5.13. The van der Waals surface area contributed by atoms with Crippen LogP contribution in [0.25, 0.3) is 6.08 Å². The van der Waals surface area contributed by atoms with Gasteiger partial charge in [0.2, 0.25) is 0 Å². The summed E-state index contributed by atoms with van der Waals surface area (Å²) in [6.45, 7) is -0.778. The Labute approximate surface area is 144 Å². The number of fused-ring (bicyclic) bond motifs is 2. The molecule has 2 saturated heterocycles. The van der Waals surface area contributed by atoms with Crippen LogP contribution < -0.4 is 5.32 Å². The van der Waals surface area contributed by atoms with Crippen molar-refractivity contribution in [2.75, 3.05) is 13.3 Å². The van der Waals surface area contributed by atoms with Crippen molar-refractivity contribution in [1.82, 2.24) is 5.32 Å². The Morgan fingerprint density at radius 2 is 2.30 bits per heavy atom. The first-order valence-corrected chi connectivity index (χ1v) is 9.00. The second-order valence-electron chi connectivity index (χ2n) is 6.23. The molecule has 0 saturated carbocycles. The zero-order valence-electron chi connectivity index (χ0n) is 12.9. The average Bonchev–Trinajstić information content (AvgIpc) is 2.94.